The Morgan fingerprint density at radius 3 is 3.06 bits per heavy atom. The van der Waals surface area contributed by atoms with Crippen LogP contribution in [0.3, 0.4) is 0 Å². The molecule has 0 amide bonds. The minimum Gasteiger partial charge on any atom is -0.370 e. The second-order valence-corrected chi connectivity index (χ2v) is 5.03. The molecule has 1 N–H and O–H groups in total. The molecule has 2 heterocycles. The van der Waals surface area contributed by atoms with Crippen molar-refractivity contribution in [3.63, 3.8) is 0 Å². The van der Waals surface area contributed by atoms with E-state index in [1.807, 2.05) is 13.0 Å². The molecule has 0 atom stereocenters. The fourth-order valence-corrected chi connectivity index (χ4v) is 2.54. The van der Waals surface area contributed by atoms with E-state index in [0.717, 1.165) is 34.9 Å². The largest absolute Gasteiger partial charge is 0.370 e. The van der Waals surface area contributed by atoms with E-state index in [1.165, 1.54) is 23.8 Å². The first kappa shape index (κ1) is 10.8. The summed E-state index contributed by atoms with van der Waals surface area (Å²) in [6.07, 6.45) is 3.57. The molecule has 0 bridgehead atoms. The lowest BCUT2D eigenvalue weighted by Gasteiger charge is -2.10. The zero-order valence-corrected chi connectivity index (χ0v) is 10.6. The summed E-state index contributed by atoms with van der Waals surface area (Å²) in [6, 6.07) is 6.26. The number of hydrogen-bond acceptors (Lipinski definition) is 2. The fourth-order valence-electron chi connectivity index (χ4n) is 2.39. The number of anilines is 1. The highest BCUT2D eigenvalue weighted by atomic mass is 35.5. The predicted octanol–water partition coefficient (Wildman–Crippen LogP) is 3.94. The molecule has 0 unspecified atom stereocenters. The summed E-state index contributed by atoms with van der Waals surface area (Å²) in [7, 11) is 0. The third-order valence-electron chi connectivity index (χ3n) is 3.42. The van der Waals surface area contributed by atoms with E-state index < -0.39 is 0 Å². The third-order valence-corrected chi connectivity index (χ3v) is 3.83. The molecule has 3 rings (SSSR count). The maximum absolute atomic E-state index is 6.14. The van der Waals surface area contributed by atoms with E-state index in [9.17, 15) is 0 Å². The first-order valence-electron chi connectivity index (χ1n) is 6.08. The highest BCUT2D eigenvalue weighted by molar-refractivity contribution is 6.32. The van der Waals surface area contributed by atoms with Gasteiger partial charge in [0.15, 0.2) is 0 Å². The number of pyridine rings is 1. The second-order valence-electron chi connectivity index (χ2n) is 4.62. The Balaban J connectivity index is 2.26. The molecule has 1 aliphatic rings. The van der Waals surface area contributed by atoms with Gasteiger partial charge in [-0.25, -0.2) is 4.98 Å². The van der Waals surface area contributed by atoms with Crippen molar-refractivity contribution in [1.82, 2.24) is 4.98 Å². The predicted molar refractivity (Wildman–Crippen MR) is 72.9 cm³/mol. The molecule has 3 heteroatoms. The number of benzene rings is 1. The van der Waals surface area contributed by atoms with Crippen molar-refractivity contribution in [2.45, 2.75) is 26.2 Å². The number of rotatable bonds is 0. The topological polar surface area (TPSA) is 24.9 Å². The standard InChI is InChI=1S/C14H15ClN2/c1-9-12(15)6-5-10-8-11-4-2-3-7-16-14(11)17-13(9)10/h5-6,8H,2-4,7H2,1H3,(H,16,17). The van der Waals surface area contributed by atoms with E-state index >= 15 is 0 Å². The zero-order chi connectivity index (χ0) is 11.8. The van der Waals surface area contributed by atoms with Gasteiger partial charge in [-0.1, -0.05) is 17.7 Å². The average molecular weight is 247 g/mol. The Bertz CT molecular complexity index is 578. The molecule has 0 radical (unpaired) electrons. The Morgan fingerprint density at radius 2 is 2.18 bits per heavy atom. The van der Waals surface area contributed by atoms with Gasteiger partial charge in [-0.15, -0.1) is 0 Å². The molecule has 0 saturated heterocycles. The van der Waals surface area contributed by atoms with Gasteiger partial charge in [-0.05, 0) is 49.4 Å². The first-order chi connectivity index (χ1) is 8.25. The summed E-state index contributed by atoms with van der Waals surface area (Å²) in [5.41, 5.74) is 3.42. The summed E-state index contributed by atoms with van der Waals surface area (Å²) in [5, 5.41) is 5.39. The molecule has 2 nitrogen and oxygen atoms in total. The number of aromatic nitrogens is 1. The first-order valence-corrected chi connectivity index (χ1v) is 6.46. The Hall–Kier alpha value is -1.28. The van der Waals surface area contributed by atoms with E-state index in [0.29, 0.717) is 0 Å². The smallest absolute Gasteiger partial charge is 0.129 e. The van der Waals surface area contributed by atoms with E-state index in [4.69, 9.17) is 16.6 Å². The average Bonchev–Trinajstić information content (AvgIpc) is 2.57. The molecule has 88 valence electrons. The number of hydrogen-bond donors (Lipinski definition) is 1. The lowest BCUT2D eigenvalue weighted by molar-refractivity contribution is 0.786. The molecular weight excluding hydrogens is 232 g/mol. The van der Waals surface area contributed by atoms with Gasteiger partial charge in [0.05, 0.1) is 5.52 Å². The van der Waals surface area contributed by atoms with Gasteiger partial charge in [0.25, 0.3) is 0 Å². The van der Waals surface area contributed by atoms with E-state index in [-0.39, 0.29) is 0 Å². The van der Waals surface area contributed by atoms with Crippen LogP contribution in [0, 0.1) is 6.92 Å². The molecule has 17 heavy (non-hydrogen) atoms. The van der Waals surface area contributed by atoms with Crippen molar-refractivity contribution in [1.29, 1.82) is 0 Å². The monoisotopic (exact) mass is 246 g/mol. The molecule has 1 aliphatic heterocycles. The van der Waals surface area contributed by atoms with Gasteiger partial charge in [0.2, 0.25) is 0 Å². The third kappa shape index (κ3) is 1.87. The number of aryl methyl sites for hydroxylation is 2. The number of fused-ring (bicyclic) bond motifs is 2. The van der Waals surface area contributed by atoms with Crippen molar-refractivity contribution < 1.29 is 0 Å². The maximum Gasteiger partial charge on any atom is 0.129 e. The van der Waals surface area contributed by atoms with Crippen LogP contribution in [-0.4, -0.2) is 11.5 Å². The van der Waals surface area contributed by atoms with Gasteiger partial charge in [0.1, 0.15) is 5.82 Å². The summed E-state index contributed by atoms with van der Waals surface area (Å²) in [6.45, 7) is 3.05. The van der Waals surface area contributed by atoms with Crippen LogP contribution in [-0.2, 0) is 6.42 Å². The minimum absolute atomic E-state index is 0.790. The van der Waals surface area contributed by atoms with Crippen LogP contribution in [0.5, 0.6) is 0 Å². The number of nitrogens with one attached hydrogen (secondary N) is 1. The Kier molecular flexibility index (Phi) is 2.67. The quantitative estimate of drug-likeness (QED) is 0.762. The Labute approximate surface area is 106 Å². The summed E-state index contributed by atoms with van der Waals surface area (Å²) in [4.78, 5) is 4.74. The molecular formula is C14H15ClN2. The zero-order valence-electron chi connectivity index (χ0n) is 9.89. The number of halogens is 1. The van der Waals surface area contributed by atoms with Crippen molar-refractivity contribution in [2.75, 3.05) is 11.9 Å². The summed E-state index contributed by atoms with van der Waals surface area (Å²) >= 11 is 6.14. The lowest BCUT2D eigenvalue weighted by atomic mass is 10.1. The van der Waals surface area contributed by atoms with Crippen LogP contribution in [0.15, 0.2) is 18.2 Å². The van der Waals surface area contributed by atoms with Crippen LogP contribution in [0.4, 0.5) is 5.82 Å². The van der Waals surface area contributed by atoms with Crippen LogP contribution < -0.4 is 5.32 Å². The highest BCUT2D eigenvalue weighted by Crippen LogP contribution is 2.29. The second kappa shape index (κ2) is 4.19. The molecule has 1 aromatic heterocycles. The Morgan fingerprint density at radius 1 is 1.29 bits per heavy atom. The van der Waals surface area contributed by atoms with Gasteiger partial charge < -0.3 is 5.32 Å². The SMILES string of the molecule is Cc1c(Cl)ccc2cc3c(nc12)NCCCC3. The van der Waals surface area contributed by atoms with Crippen LogP contribution in [0.25, 0.3) is 10.9 Å². The fraction of sp³-hybridized carbons (Fsp3) is 0.357. The molecule has 0 saturated carbocycles. The molecule has 0 fully saturated rings. The normalized spacial score (nSPS) is 15.2. The lowest BCUT2D eigenvalue weighted by Crippen LogP contribution is -2.02. The highest BCUT2D eigenvalue weighted by Gasteiger charge is 2.12. The molecule has 2 aromatic rings. The van der Waals surface area contributed by atoms with Crippen LogP contribution in [0.2, 0.25) is 5.02 Å². The van der Waals surface area contributed by atoms with Crippen LogP contribution >= 0.6 is 11.6 Å². The van der Waals surface area contributed by atoms with Gasteiger partial charge in [-0.2, -0.15) is 0 Å². The van der Waals surface area contributed by atoms with E-state index in [1.54, 1.807) is 0 Å². The van der Waals surface area contributed by atoms with Gasteiger partial charge in [0, 0.05) is 17.0 Å². The van der Waals surface area contributed by atoms with Crippen molar-refractivity contribution >= 4 is 28.3 Å². The van der Waals surface area contributed by atoms with Crippen molar-refractivity contribution in [3.05, 3.63) is 34.3 Å². The van der Waals surface area contributed by atoms with Crippen molar-refractivity contribution in [3.8, 4) is 0 Å². The van der Waals surface area contributed by atoms with Crippen LogP contribution in [0.1, 0.15) is 24.0 Å². The molecule has 0 spiro atoms. The summed E-state index contributed by atoms with van der Waals surface area (Å²) in [5.74, 6) is 1.04. The van der Waals surface area contributed by atoms with Crippen molar-refractivity contribution in [2.24, 2.45) is 0 Å². The molecule has 0 aliphatic carbocycles. The minimum atomic E-state index is 0.790. The van der Waals surface area contributed by atoms with Gasteiger partial charge in [-0.3, -0.25) is 0 Å². The van der Waals surface area contributed by atoms with E-state index in [2.05, 4.69) is 17.4 Å². The maximum atomic E-state index is 6.14. The number of nitrogens with zero attached hydrogens (tertiary/aromatic N) is 1. The molecule has 1 aromatic carbocycles. The summed E-state index contributed by atoms with van der Waals surface area (Å²) < 4.78 is 0. The van der Waals surface area contributed by atoms with Gasteiger partial charge >= 0.3 is 0 Å².